The van der Waals surface area contributed by atoms with Gasteiger partial charge in [-0.05, 0) is 59.2 Å². The summed E-state index contributed by atoms with van der Waals surface area (Å²) < 4.78 is 28.0. The third-order valence-electron chi connectivity index (χ3n) is 9.01. The lowest BCUT2D eigenvalue weighted by Crippen LogP contribution is -2.51. The number of piperazine rings is 1. The van der Waals surface area contributed by atoms with E-state index in [1.807, 2.05) is 36.5 Å². The molecule has 8 rings (SSSR count). The summed E-state index contributed by atoms with van der Waals surface area (Å²) in [4.78, 5) is 51.5. The van der Waals surface area contributed by atoms with E-state index in [2.05, 4.69) is 20.2 Å². The molecule has 3 aromatic carbocycles. The highest BCUT2D eigenvalue weighted by atomic mass is 19.1. The zero-order valence-electron chi connectivity index (χ0n) is 26.7. The standard InChI is InChI=1S/C36H29FN8O5/c1-49-30-16-20(15-26-23-4-2-3-5-24(23)33(46)42-41-26)14-25(32(30)37)34(47)43-10-12-44(13-11-43)35(48)28-18-39-31-9-7-22(19-45(28)31)21-6-8-29-27(17-21)40-36(38)50-29/h2-9,14,16-19H,10-13,15H2,1H3,(H2,38,40)(H,42,46). The lowest BCUT2D eigenvalue weighted by Gasteiger charge is -2.34. The molecule has 250 valence electrons. The minimum absolute atomic E-state index is 0.0783. The van der Waals surface area contributed by atoms with E-state index < -0.39 is 11.7 Å². The van der Waals surface area contributed by atoms with Crippen molar-refractivity contribution in [2.24, 2.45) is 0 Å². The molecule has 5 heterocycles. The Morgan fingerprint density at radius 2 is 1.70 bits per heavy atom. The van der Waals surface area contributed by atoms with Gasteiger partial charge in [0, 0.05) is 44.2 Å². The first-order valence-electron chi connectivity index (χ1n) is 15.8. The number of benzene rings is 3. The molecule has 7 aromatic rings. The highest BCUT2D eigenvalue weighted by molar-refractivity contribution is 5.96. The van der Waals surface area contributed by atoms with Crippen LogP contribution in [0.1, 0.15) is 32.1 Å². The Balaban J connectivity index is 1.00. The number of halogens is 1. The number of H-pyrrole nitrogens is 1. The molecule has 0 bridgehead atoms. The molecular formula is C36H29FN8O5. The van der Waals surface area contributed by atoms with Gasteiger partial charge in [0.05, 0.1) is 30.0 Å². The van der Waals surface area contributed by atoms with Gasteiger partial charge in [-0.25, -0.2) is 14.5 Å². The summed E-state index contributed by atoms with van der Waals surface area (Å²) in [6.07, 6.45) is 3.60. The van der Waals surface area contributed by atoms with Gasteiger partial charge in [0.1, 0.15) is 16.9 Å². The fourth-order valence-corrected chi connectivity index (χ4v) is 6.44. The third-order valence-corrected chi connectivity index (χ3v) is 9.01. The summed E-state index contributed by atoms with van der Waals surface area (Å²) in [7, 11) is 1.34. The van der Waals surface area contributed by atoms with Crippen molar-refractivity contribution in [1.29, 1.82) is 0 Å². The molecule has 50 heavy (non-hydrogen) atoms. The summed E-state index contributed by atoms with van der Waals surface area (Å²) in [6.45, 7) is 0.887. The summed E-state index contributed by atoms with van der Waals surface area (Å²) in [5.41, 5.74) is 10.3. The van der Waals surface area contributed by atoms with Gasteiger partial charge in [-0.3, -0.25) is 18.8 Å². The molecule has 1 aliphatic rings. The van der Waals surface area contributed by atoms with E-state index in [1.165, 1.54) is 30.3 Å². The molecule has 4 aromatic heterocycles. The van der Waals surface area contributed by atoms with Crippen LogP contribution >= 0.6 is 0 Å². The first kappa shape index (κ1) is 30.7. The number of rotatable bonds is 6. The SMILES string of the molecule is COc1cc(Cc2n[nH]c(=O)c3ccccc23)cc(C(=O)N2CCN(C(=O)c3cnc4ccc(-c5ccc6oc(N)nc6c5)cn34)CC2)c1F. The Labute approximate surface area is 282 Å². The number of oxazole rings is 1. The number of pyridine rings is 1. The van der Waals surface area contributed by atoms with Gasteiger partial charge in [0.25, 0.3) is 23.4 Å². The number of imidazole rings is 1. The predicted molar refractivity (Wildman–Crippen MR) is 183 cm³/mol. The van der Waals surface area contributed by atoms with Crippen molar-refractivity contribution in [3.8, 4) is 16.9 Å². The Bertz CT molecular complexity index is 2530. The lowest BCUT2D eigenvalue weighted by molar-refractivity contribution is 0.0528. The molecule has 1 aliphatic heterocycles. The molecule has 2 amide bonds. The number of aromatic nitrogens is 5. The van der Waals surface area contributed by atoms with Gasteiger partial charge in [0.15, 0.2) is 17.1 Å². The molecule has 0 unspecified atom stereocenters. The summed E-state index contributed by atoms with van der Waals surface area (Å²) in [6, 6.07) is 19.5. The van der Waals surface area contributed by atoms with Crippen LogP contribution in [0.3, 0.4) is 0 Å². The minimum atomic E-state index is -0.772. The van der Waals surface area contributed by atoms with Crippen LogP contribution in [0.15, 0.2) is 88.3 Å². The number of methoxy groups -OCH3 is 1. The van der Waals surface area contributed by atoms with Crippen LogP contribution in [0.25, 0.3) is 38.6 Å². The molecule has 3 N–H and O–H groups in total. The highest BCUT2D eigenvalue weighted by Crippen LogP contribution is 2.29. The molecule has 13 nitrogen and oxygen atoms in total. The zero-order valence-corrected chi connectivity index (χ0v) is 26.7. The number of hydrogen-bond acceptors (Lipinski definition) is 9. The first-order chi connectivity index (χ1) is 24.3. The molecule has 14 heteroatoms. The molecule has 0 atom stereocenters. The number of fused-ring (bicyclic) bond motifs is 3. The van der Waals surface area contributed by atoms with Crippen molar-refractivity contribution >= 4 is 45.3 Å². The second-order valence-electron chi connectivity index (χ2n) is 12.0. The van der Waals surface area contributed by atoms with Gasteiger partial charge in [0.2, 0.25) is 0 Å². The van der Waals surface area contributed by atoms with Gasteiger partial charge < -0.3 is 24.7 Å². The average molecular weight is 673 g/mol. The third kappa shape index (κ3) is 5.36. The molecular weight excluding hydrogens is 643 g/mol. The summed E-state index contributed by atoms with van der Waals surface area (Å²) in [5, 5.41) is 7.87. The topological polar surface area (TPSA) is 165 Å². The molecule has 0 spiro atoms. The second-order valence-corrected chi connectivity index (χ2v) is 12.0. The monoisotopic (exact) mass is 672 g/mol. The maximum absolute atomic E-state index is 15.6. The van der Waals surface area contributed by atoms with E-state index in [1.54, 1.807) is 33.6 Å². The Morgan fingerprint density at radius 1 is 0.960 bits per heavy atom. The first-order valence-corrected chi connectivity index (χ1v) is 15.8. The zero-order chi connectivity index (χ0) is 34.5. The van der Waals surface area contributed by atoms with Gasteiger partial charge in [-0.1, -0.05) is 24.3 Å². The number of nitrogen functional groups attached to an aromatic ring is 1. The van der Waals surface area contributed by atoms with E-state index in [0.717, 1.165) is 11.1 Å². The maximum Gasteiger partial charge on any atom is 0.292 e. The van der Waals surface area contributed by atoms with Crippen LogP contribution in [-0.4, -0.2) is 79.5 Å². The van der Waals surface area contributed by atoms with Gasteiger partial charge in [-0.15, -0.1) is 0 Å². The number of nitrogens with zero attached hydrogens (tertiary/aromatic N) is 6. The quantitative estimate of drug-likeness (QED) is 0.262. The Kier molecular flexibility index (Phi) is 7.47. The number of aromatic amines is 1. The minimum Gasteiger partial charge on any atom is -0.494 e. The van der Waals surface area contributed by atoms with Crippen molar-refractivity contribution < 1.29 is 23.1 Å². The number of carbonyl (C=O) groups excluding carboxylic acids is 2. The van der Waals surface area contributed by atoms with Gasteiger partial charge >= 0.3 is 0 Å². The van der Waals surface area contributed by atoms with Crippen LogP contribution < -0.4 is 16.0 Å². The number of nitrogens with two attached hydrogens (primary N) is 1. The normalized spacial score (nSPS) is 13.4. The smallest absolute Gasteiger partial charge is 0.292 e. The molecule has 1 fully saturated rings. The predicted octanol–water partition coefficient (Wildman–Crippen LogP) is 4.30. The fourth-order valence-electron chi connectivity index (χ4n) is 6.44. The van der Waals surface area contributed by atoms with E-state index in [0.29, 0.717) is 44.5 Å². The lowest BCUT2D eigenvalue weighted by atomic mass is 10.0. The Hall–Kier alpha value is -6.57. The van der Waals surface area contributed by atoms with Crippen LogP contribution in [0.4, 0.5) is 10.4 Å². The highest BCUT2D eigenvalue weighted by Gasteiger charge is 2.29. The van der Waals surface area contributed by atoms with Crippen LogP contribution in [-0.2, 0) is 6.42 Å². The number of hydrogen-bond donors (Lipinski definition) is 2. The van der Waals surface area contributed by atoms with Crippen molar-refractivity contribution in [3.63, 3.8) is 0 Å². The van der Waals surface area contributed by atoms with E-state index in [4.69, 9.17) is 14.9 Å². The number of ether oxygens (including phenoxy) is 1. The van der Waals surface area contributed by atoms with Crippen LogP contribution in [0.2, 0.25) is 0 Å². The van der Waals surface area contributed by atoms with Crippen molar-refractivity contribution in [3.05, 3.63) is 118 Å². The molecule has 0 aliphatic carbocycles. The summed E-state index contributed by atoms with van der Waals surface area (Å²) >= 11 is 0. The van der Waals surface area contributed by atoms with E-state index in [9.17, 15) is 14.4 Å². The van der Waals surface area contributed by atoms with Crippen LogP contribution in [0, 0.1) is 5.82 Å². The van der Waals surface area contributed by atoms with E-state index >= 15 is 4.39 Å². The molecule has 0 radical (unpaired) electrons. The molecule has 1 saturated heterocycles. The van der Waals surface area contributed by atoms with Crippen molar-refractivity contribution in [1.82, 2.24) is 34.4 Å². The average Bonchev–Trinajstić information content (AvgIpc) is 3.74. The van der Waals surface area contributed by atoms with Crippen molar-refractivity contribution in [2.75, 3.05) is 39.0 Å². The number of nitrogens with one attached hydrogen (secondary N) is 1. The largest absolute Gasteiger partial charge is 0.494 e. The number of carbonyl (C=O) groups is 2. The summed E-state index contributed by atoms with van der Waals surface area (Å²) in [5.74, 6) is -1.60. The number of anilines is 1. The van der Waals surface area contributed by atoms with Crippen molar-refractivity contribution in [2.45, 2.75) is 6.42 Å². The van der Waals surface area contributed by atoms with E-state index in [-0.39, 0.29) is 61.4 Å². The Morgan fingerprint density at radius 3 is 2.48 bits per heavy atom. The van der Waals surface area contributed by atoms with Crippen LogP contribution in [0.5, 0.6) is 5.75 Å². The maximum atomic E-state index is 15.6. The second kappa shape index (κ2) is 12.1. The fraction of sp³-hybridized carbons (Fsp3) is 0.167. The molecule has 0 saturated carbocycles. The van der Waals surface area contributed by atoms with Gasteiger partial charge in [-0.2, -0.15) is 10.1 Å². The number of amides is 2.